The molecule has 0 radical (unpaired) electrons. The van der Waals surface area contributed by atoms with Crippen LogP contribution in [-0.2, 0) is 0 Å². The number of rotatable bonds is 5. The number of aromatic nitrogens is 6. The molecule has 0 unspecified atom stereocenters. The van der Waals surface area contributed by atoms with Crippen molar-refractivity contribution in [1.29, 1.82) is 0 Å². The van der Waals surface area contributed by atoms with Gasteiger partial charge in [0.2, 0.25) is 0 Å². The minimum atomic E-state index is 0.278. The van der Waals surface area contributed by atoms with Gasteiger partial charge in [-0.2, -0.15) is 5.10 Å². The van der Waals surface area contributed by atoms with Crippen molar-refractivity contribution >= 4 is 16.9 Å². The lowest BCUT2D eigenvalue weighted by molar-refractivity contribution is 0.0815. The largest absolute Gasteiger partial charge is 0.424 e. The maximum atomic E-state index is 6.32. The highest BCUT2D eigenvalue weighted by Crippen LogP contribution is 2.37. The summed E-state index contributed by atoms with van der Waals surface area (Å²) in [7, 11) is 2.21. The van der Waals surface area contributed by atoms with Gasteiger partial charge >= 0.3 is 6.01 Å². The molecule has 1 aliphatic heterocycles. The van der Waals surface area contributed by atoms with Gasteiger partial charge in [0.15, 0.2) is 5.65 Å². The van der Waals surface area contributed by atoms with Crippen molar-refractivity contribution in [1.82, 2.24) is 39.5 Å². The van der Waals surface area contributed by atoms with Gasteiger partial charge in [-0.3, -0.25) is 4.90 Å². The Morgan fingerprint density at radius 3 is 2.28 bits per heavy atom. The Balaban J connectivity index is 1.24. The van der Waals surface area contributed by atoms with E-state index in [-0.39, 0.29) is 12.1 Å². The van der Waals surface area contributed by atoms with Crippen LogP contribution >= 0.6 is 0 Å². The van der Waals surface area contributed by atoms with E-state index in [0.717, 1.165) is 55.6 Å². The number of nitrogen functional groups attached to an aromatic ring is 1. The number of nitrogens with zero attached hydrogens (tertiary/aromatic N) is 8. The molecule has 0 spiro atoms. The van der Waals surface area contributed by atoms with E-state index in [0.29, 0.717) is 23.3 Å². The topological polar surface area (TPSA) is 111 Å². The molecule has 2 fully saturated rings. The van der Waals surface area contributed by atoms with E-state index >= 15 is 0 Å². The lowest BCUT2D eigenvalue weighted by Crippen LogP contribution is -2.49. The van der Waals surface area contributed by atoms with E-state index in [9.17, 15) is 0 Å². The van der Waals surface area contributed by atoms with Gasteiger partial charge in [0.1, 0.15) is 23.6 Å². The predicted molar refractivity (Wildman–Crippen MR) is 138 cm³/mol. The summed E-state index contributed by atoms with van der Waals surface area (Å²) in [5, 5.41) is 5.75. The molecule has 1 saturated carbocycles. The number of hydrogen-bond donors (Lipinski definition) is 1. The fourth-order valence-corrected chi connectivity index (χ4v) is 5.39. The normalized spacial score (nSPS) is 21.6. The Hall–Kier alpha value is -3.63. The maximum absolute atomic E-state index is 6.32. The van der Waals surface area contributed by atoms with E-state index in [2.05, 4.69) is 41.5 Å². The third kappa shape index (κ3) is 4.49. The second-order valence-electron chi connectivity index (χ2n) is 9.72. The third-order valence-corrected chi connectivity index (χ3v) is 7.44. The average molecular weight is 486 g/mol. The SMILES string of the molecule is CN1CCN([C@H]2CC[C@H](n3nc(-c4cnc(Oc5ccccc5)nc4)c4c(N)ncnc43)CC2)CC1. The van der Waals surface area contributed by atoms with Crippen molar-refractivity contribution in [2.24, 2.45) is 0 Å². The third-order valence-electron chi connectivity index (χ3n) is 7.44. The molecule has 3 aromatic heterocycles. The van der Waals surface area contributed by atoms with Crippen LogP contribution in [0.4, 0.5) is 5.82 Å². The number of likely N-dealkylation sites (N-methyl/N-ethyl adjacent to an activating group) is 1. The fraction of sp³-hybridized carbons (Fsp3) is 0.423. The Morgan fingerprint density at radius 2 is 1.56 bits per heavy atom. The van der Waals surface area contributed by atoms with Crippen molar-refractivity contribution in [3.8, 4) is 23.0 Å². The van der Waals surface area contributed by atoms with Crippen LogP contribution in [0.5, 0.6) is 11.8 Å². The molecule has 0 amide bonds. The monoisotopic (exact) mass is 485 g/mol. The number of para-hydroxylation sites is 1. The van der Waals surface area contributed by atoms with Crippen LogP contribution in [0.25, 0.3) is 22.3 Å². The standard InChI is InChI=1S/C26H31N9O/c1-33-11-13-34(14-12-33)19-7-9-20(10-8-19)35-25-22(24(27)30-17-31-25)23(32-35)18-15-28-26(29-16-18)36-21-5-3-2-4-6-21/h2-6,15-17,19-20H,7-14H2,1H3,(H2,27,30,31)/t19-,20-. The molecule has 1 aromatic carbocycles. The highest BCUT2D eigenvalue weighted by molar-refractivity contribution is 5.98. The molecule has 4 heterocycles. The average Bonchev–Trinajstić information content (AvgIpc) is 3.31. The summed E-state index contributed by atoms with van der Waals surface area (Å²) >= 11 is 0. The van der Waals surface area contributed by atoms with E-state index in [4.69, 9.17) is 15.6 Å². The zero-order valence-corrected chi connectivity index (χ0v) is 20.5. The van der Waals surface area contributed by atoms with Crippen molar-refractivity contribution in [2.75, 3.05) is 39.0 Å². The number of piperazine rings is 1. The van der Waals surface area contributed by atoms with Crippen LogP contribution in [-0.4, -0.2) is 78.8 Å². The molecule has 4 aromatic rings. The number of hydrogen-bond acceptors (Lipinski definition) is 9. The number of anilines is 1. The molecule has 2 aliphatic rings. The van der Waals surface area contributed by atoms with Crippen molar-refractivity contribution in [2.45, 2.75) is 37.8 Å². The highest BCUT2D eigenvalue weighted by atomic mass is 16.5. The summed E-state index contributed by atoms with van der Waals surface area (Å²) in [5.41, 5.74) is 8.55. The van der Waals surface area contributed by atoms with Gasteiger partial charge < -0.3 is 15.4 Å². The van der Waals surface area contributed by atoms with Gasteiger partial charge in [0.25, 0.3) is 0 Å². The summed E-state index contributed by atoms with van der Waals surface area (Å²) in [6.45, 7) is 4.63. The molecule has 186 valence electrons. The molecular weight excluding hydrogens is 454 g/mol. The first-order chi connectivity index (χ1) is 17.7. The molecule has 10 heteroatoms. The van der Waals surface area contributed by atoms with Gasteiger partial charge in [-0.15, -0.1) is 0 Å². The van der Waals surface area contributed by atoms with Gasteiger partial charge in [-0.25, -0.2) is 24.6 Å². The van der Waals surface area contributed by atoms with Gasteiger partial charge in [0, 0.05) is 50.2 Å². The second-order valence-corrected chi connectivity index (χ2v) is 9.72. The number of ether oxygens (including phenoxy) is 1. The summed E-state index contributed by atoms with van der Waals surface area (Å²) < 4.78 is 7.80. The molecule has 0 atom stereocenters. The molecular formula is C26H31N9O. The zero-order valence-electron chi connectivity index (χ0n) is 20.5. The molecule has 36 heavy (non-hydrogen) atoms. The van der Waals surface area contributed by atoms with Gasteiger partial charge in [-0.1, -0.05) is 18.2 Å². The smallest absolute Gasteiger partial charge is 0.321 e. The first-order valence-corrected chi connectivity index (χ1v) is 12.6. The van der Waals surface area contributed by atoms with Crippen LogP contribution in [0.1, 0.15) is 31.7 Å². The Kier molecular flexibility index (Phi) is 6.20. The highest BCUT2D eigenvalue weighted by Gasteiger charge is 2.30. The summed E-state index contributed by atoms with van der Waals surface area (Å²) in [5.74, 6) is 1.10. The number of benzene rings is 1. The predicted octanol–water partition coefficient (Wildman–Crippen LogP) is 3.39. The van der Waals surface area contributed by atoms with Crippen LogP contribution in [0, 0.1) is 0 Å². The molecule has 1 aliphatic carbocycles. The first kappa shape index (κ1) is 22.8. The Labute approximate surface area is 210 Å². The quantitative estimate of drug-likeness (QED) is 0.455. The van der Waals surface area contributed by atoms with Crippen LogP contribution < -0.4 is 10.5 Å². The summed E-state index contributed by atoms with van der Waals surface area (Å²) in [6, 6.07) is 10.7. The lowest BCUT2D eigenvalue weighted by Gasteiger charge is -2.41. The van der Waals surface area contributed by atoms with E-state index < -0.39 is 0 Å². The maximum Gasteiger partial charge on any atom is 0.321 e. The molecule has 10 nitrogen and oxygen atoms in total. The van der Waals surface area contributed by atoms with E-state index in [1.165, 1.54) is 19.2 Å². The lowest BCUT2D eigenvalue weighted by atomic mass is 9.90. The fourth-order valence-electron chi connectivity index (χ4n) is 5.39. The molecule has 0 bridgehead atoms. The second kappa shape index (κ2) is 9.79. The first-order valence-electron chi connectivity index (χ1n) is 12.6. The Bertz CT molecular complexity index is 1310. The number of nitrogens with two attached hydrogens (primary N) is 1. The van der Waals surface area contributed by atoms with Crippen molar-refractivity contribution < 1.29 is 4.74 Å². The summed E-state index contributed by atoms with van der Waals surface area (Å²) in [4.78, 5) is 22.7. The van der Waals surface area contributed by atoms with Gasteiger partial charge in [0.05, 0.1) is 11.4 Å². The molecule has 1 saturated heterocycles. The molecule has 6 rings (SSSR count). The van der Waals surface area contributed by atoms with Crippen LogP contribution in [0.2, 0.25) is 0 Å². The molecule has 2 N–H and O–H groups in total. The van der Waals surface area contributed by atoms with Crippen molar-refractivity contribution in [3.05, 3.63) is 49.1 Å². The minimum Gasteiger partial charge on any atom is -0.424 e. The van der Waals surface area contributed by atoms with E-state index in [1.54, 1.807) is 12.4 Å². The summed E-state index contributed by atoms with van der Waals surface area (Å²) in [6.07, 6.45) is 9.42. The van der Waals surface area contributed by atoms with Crippen molar-refractivity contribution in [3.63, 3.8) is 0 Å². The van der Waals surface area contributed by atoms with Crippen LogP contribution in [0.15, 0.2) is 49.1 Å². The van der Waals surface area contributed by atoms with Crippen LogP contribution in [0.3, 0.4) is 0 Å². The van der Waals surface area contributed by atoms with E-state index in [1.807, 2.05) is 30.3 Å². The number of fused-ring (bicyclic) bond motifs is 1. The zero-order chi connectivity index (χ0) is 24.5. The minimum absolute atomic E-state index is 0.278. The van der Waals surface area contributed by atoms with Gasteiger partial charge in [-0.05, 0) is 44.9 Å². The Morgan fingerprint density at radius 1 is 0.861 bits per heavy atom.